The summed E-state index contributed by atoms with van der Waals surface area (Å²) in [4.78, 5) is 42.1. The summed E-state index contributed by atoms with van der Waals surface area (Å²) in [5.41, 5.74) is 3.67. The molecule has 4 N–H and O–H groups in total. The normalized spacial score (nSPS) is 28.6. The summed E-state index contributed by atoms with van der Waals surface area (Å²) >= 11 is 1.77. The monoisotopic (exact) mass is 761 g/mol. The van der Waals surface area contributed by atoms with Gasteiger partial charge in [-0.25, -0.2) is 9.59 Å². The van der Waals surface area contributed by atoms with Gasteiger partial charge in [0.25, 0.3) is 5.56 Å². The molecule has 2 aromatic rings. The van der Waals surface area contributed by atoms with Gasteiger partial charge < -0.3 is 38.4 Å². The lowest BCUT2D eigenvalue weighted by Gasteiger charge is -2.25. The fourth-order valence-corrected chi connectivity index (χ4v) is 7.47. The molecule has 0 amide bonds. The summed E-state index contributed by atoms with van der Waals surface area (Å²) in [7, 11) is -7.35. The number of nitrogen functional groups attached to an aromatic ring is 1. The van der Waals surface area contributed by atoms with Crippen LogP contribution in [0, 0.1) is 3.57 Å². The second kappa shape index (κ2) is 13.7. The number of H-pyrrole nitrogens is 1. The average molecular weight is 761 g/mol. The van der Waals surface area contributed by atoms with Crippen LogP contribution in [0.4, 0.5) is 5.82 Å². The predicted molar refractivity (Wildman–Crippen MR) is 160 cm³/mol. The van der Waals surface area contributed by atoms with Crippen molar-refractivity contribution in [1.29, 1.82) is 0 Å². The zero-order valence-electron chi connectivity index (χ0n) is 23.7. The highest BCUT2D eigenvalue weighted by molar-refractivity contribution is 14.1. The Labute approximate surface area is 259 Å². The van der Waals surface area contributed by atoms with E-state index in [9.17, 15) is 28.6 Å². The second-order valence-corrected chi connectivity index (χ2v) is 15.6. The number of ether oxygens (including phenoxy) is 2. The lowest BCUT2D eigenvalue weighted by molar-refractivity contribution is -0.0517. The molecular formula is C23H34IN5O12P2. The smallest absolute Gasteiger partial charge is 0.351 e. The Hall–Kier alpha value is -1.73. The van der Waals surface area contributed by atoms with Gasteiger partial charge in [0, 0.05) is 38.6 Å². The van der Waals surface area contributed by atoms with Crippen LogP contribution in [0.3, 0.4) is 0 Å². The van der Waals surface area contributed by atoms with Gasteiger partial charge in [0.1, 0.15) is 30.5 Å². The maximum Gasteiger partial charge on any atom is 0.351 e. The zero-order valence-corrected chi connectivity index (χ0v) is 27.7. The van der Waals surface area contributed by atoms with Crippen molar-refractivity contribution in [2.24, 2.45) is 0 Å². The average Bonchev–Trinajstić information content (AvgIpc) is 3.45. The van der Waals surface area contributed by atoms with E-state index in [4.69, 9.17) is 33.3 Å². The molecule has 20 heteroatoms. The van der Waals surface area contributed by atoms with Crippen molar-refractivity contribution >= 4 is 43.6 Å². The van der Waals surface area contributed by atoms with Crippen LogP contribution in [-0.2, 0) is 36.7 Å². The van der Waals surface area contributed by atoms with Crippen molar-refractivity contribution in [3.05, 3.63) is 53.4 Å². The molecule has 2 saturated heterocycles. The molecule has 4 unspecified atom stereocenters. The number of nitrogens with zero attached hydrogens (tertiary/aromatic N) is 3. The highest BCUT2D eigenvalue weighted by Crippen LogP contribution is 2.51. The minimum absolute atomic E-state index is 0.0239. The van der Waals surface area contributed by atoms with Crippen molar-refractivity contribution in [1.82, 2.24) is 19.1 Å². The Balaban J connectivity index is 1.40. The van der Waals surface area contributed by atoms with E-state index in [2.05, 4.69) is 9.97 Å². The summed E-state index contributed by atoms with van der Waals surface area (Å²) in [6, 6.07) is 1.42. The lowest BCUT2D eigenvalue weighted by Crippen LogP contribution is -2.33. The number of aliphatic hydroxyl groups is 1. The molecule has 8 atom stereocenters. The summed E-state index contributed by atoms with van der Waals surface area (Å²) in [5.74, 6) is 0.0302. The SMILES string of the molecule is CC(C)OP(C)(=O)OC1C[C@H](n2ccc(N)nc2=O)O[C@@H]1COP(C)(=O)OC[C@H]1O[C@@H](n2cc(I)c(=O)[nH]c2=O)CC1O. The van der Waals surface area contributed by atoms with Gasteiger partial charge in [-0.1, -0.05) is 0 Å². The Morgan fingerprint density at radius 3 is 2.37 bits per heavy atom. The van der Waals surface area contributed by atoms with Crippen LogP contribution in [-0.4, -0.2) is 81.3 Å². The Kier molecular flexibility index (Phi) is 10.9. The van der Waals surface area contributed by atoms with Crippen molar-refractivity contribution in [2.45, 2.75) is 69.7 Å². The maximum absolute atomic E-state index is 13.2. The quantitative estimate of drug-likeness (QED) is 0.206. The fraction of sp³-hybridized carbons (Fsp3) is 0.652. The van der Waals surface area contributed by atoms with Crippen LogP contribution >= 0.6 is 37.8 Å². The van der Waals surface area contributed by atoms with E-state index in [0.29, 0.717) is 0 Å². The molecule has 2 fully saturated rings. The van der Waals surface area contributed by atoms with Gasteiger partial charge in [-0.2, -0.15) is 4.98 Å². The molecule has 2 aliphatic rings. The van der Waals surface area contributed by atoms with Crippen LogP contribution in [0.15, 0.2) is 32.8 Å². The van der Waals surface area contributed by atoms with Crippen molar-refractivity contribution in [3.8, 4) is 0 Å². The summed E-state index contributed by atoms with van der Waals surface area (Å²) in [5, 5.41) is 10.5. The number of halogens is 1. The third-order valence-corrected chi connectivity index (χ3v) is 9.92. The van der Waals surface area contributed by atoms with Crippen LogP contribution in [0.5, 0.6) is 0 Å². The Bertz CT molecular complexity index is 1580. The van der Waals surface area contributed by atoms with E-state index in [-0.39, 0.29) is 35.4 Å². The molecule has 0 saturated carbocycles. The minimum atomic E-state index is -3.79. The first-order valence-corrected chi connectivity index (χ1v) is 18.2. The van der Waals surface area contributed by atoms with Gasteiger partial charge in [-0.3, -0.25) is 28.0 Å². The first kappa shape index (κ1) is 34.1. The highest BCUT2D eigenvalue weighted by Gasteiger charge is 2.43. The minimum Gasteiger partial charge on any atom is -0.390 e. The molecule has 240 valence electrons. The van der Waals surface area contributed by atoms with E-state index in [0.717, 1.165) is 4.57 Å². The topological polar surface area (TPSA) is 226 Å². The number of aromatic amines is 1. The molecule has 0 aliphatic carbocycles. The second-order valence-electron chi connectivity index (χ2n) is 10.4. The molecule has 4 rings (SSSR count). The van der Waals surface area contributed by atoms with Crippen LogP contribution in [0.2, 0.25) is 0 Å². The standard InChI is InChI=1S/C23H34IN5O12P2/c1-12(2)40-43(4,35)41-15-8-20(28-6-5-18(25)26-22(28)32)39-17(15)11-37-42(3,34)36-10-16-14(30)7-19(38-16)29-9-13(24)21(31)27-23(29)33/h5-6,9,12,14-17,19-20,30H,7-8,10-11H2,1-4H3,(H2,25,26,32)(H,27,31,33)/t14?,15?,16-,17-,19-,20-,42?,43?/m1/s1. The number of hydrogen-bond donors (Lipinski definition) is 3. The van der Waals surface area contributed by atoms with Gasteiger partial charge in [0.05, 0.1) is 35.1 Å². The molecule has 0 bridgehead atoms. The Morgan fingerprint density at radius 1 is 1.09 bits per heavy atom. The van der Waals surface area contributed by atoms with E-state index < -0.39 is 75.1 Å². The van der Waals surface area contributed by atoms with Crippen molar-refractivity contribution in [3.63, 3.8) is 0 Å². The Morgan fingerprint density at radius 2 is 1.72 bits per heavy atom. The molecule has 43 heavy (non-hydrogen) atoms. The number of anilines is 1. The van der Waals surface area contributed by atoms with Gasteiger partial charge >= 0.3 is 26.6 Å². The molecular weight excluding hydrogens is 727 g/mol. The molecule has 0 spiro atoms. The number of nitrogens with one attached hydrogen (secondary N) is 1. The maximum atomic E-state index is 13.2. The number of aliphatic hydroxyl groups excluding tert-OH is 1. The van der Waals surface area contributed by atoms with Crippen LogP contribution < -0.4 is 22.7 Å². The third-order valence-electron chi connectivity index (χ3n) is 6.46. The molecule has 0 radical (unpaired) electrons. The summed E-state index contributed by atoms with van der Waals surface area (Å²) in [6.45, 7) is 5.24. The molecule has 0 aromatic carbocycles. The molecule has 17 nitrogen and oxygen atoms in total. The zero-order chi connectivity index (χ0) is 31.7. The fourth-order valence-electron chi connectivity index (χ4n) is 4.60. The lowest BCUT2D eigenvalue weighted by atomic mass is 10.2. The molecule has 4 heterocycles. The van der Waals surface area contributed by atoms with E-state index in [1.54, 1.807) is 36.4 Å². The van der Waals surface area contributed by atoms with Gasteiger partial charge in [-0.05, 0) is 42.5 Å². The summed E-state index contributed by atoms with van der Waals surface area (Å²) in [6.07, 6.45) is -3.19. The largest absolute Gasteiger partial charge is 0.390 e. The highest BCUT2D eigenvalue weighted by atomic mass is 127. The molecule has 2 aromatic heterocycles. The number of rotatable bonds is 12. The van der Waals surface area contributed by atoms with Gasteiger partial charge in [0.15, 0.2) is 0 Å². The summed E-state index contributed by atoms with van der Waals surface area (Å²) < 4.78 is 62.7. The predicted octanol–water partition coefficient (Wildman–Crippen LogP) is 1.41. The number of nitrogens with two attached hydrogens (primary N) is 1. The number of aromatic nitrogens is 4. The van der Waals surface area contributed by atoms with Gasteiger partial charge in [0.2, 0.25) is 0 Å². The van der Waals surface area contributed by atoms with Crippen LogP contribution in [0.25, 0.3) is 0 Å². The van der Waals surface area contributed by atoms with Gasteiger partial charge in [-0.15, -0.1) is 0 Å². The molecule has 2 aliphatic heterocycles. The van der Waals surface area contributed by atoms with Crippen molar-refractivity contribution < 1.29 is 41.8 Å². The first-order chi connectivity index (χ1) is 20.0. The van der Waals surface area contributed by atoms with Crippen LogP contribution in [0.1, 0.15) is 39.1 Å². The first-order valence-electron chi connectivity index (χ1n) is 13.2. The third kappa shape index (κ3) is 8.93. The van der Waals surface area contributed by atoms with Crippen molar-refractivity contribution in [2.75, 3.05) is 32.3 Å². The van der Waals surface area contributed by atoms with E-state index in [1.807, 2.05) is 0 Å². The van der Waals surface area contributed by atoms with E-state index in [1.165, 1.54) is 36.4 Å². The number of hydrogen-bond acceptors (Lipinski definition) is 14. The van der Waals surface area contributed by atoms with E-state index >= 15 is 0 Å².